The van der Waals surface area contributed by atoms with Gasteiger partial charge >= 0.3 is 5.82 Å². The molecule has 2 aromatic carbocycles. The molecule has 0 aliphatic heterocycles. The van der Waals surface area contributed by atoms with Crippen molar-refractivity contribution < 1.29 is 14.5 Å². The maximum atomic E-state index is 12.5. The van der Waals surface area contributed by atoms with Gasteiger partial charge in [-0.15, -0.1) is 0 Å². The van der Waals surface area contributed by atoms with Gasteiger partial charge in [-0.3, -0.25) is 4.79 Å². The fourth-order valence-corrected chi connectivity index (χ4v) is 2.76. The molecule has 0 saturated carbocycles. The van der Waals surface area contributed by atoms with E-state index >= 15 is 0 Å². The number of ether oxygens (including phenoxy) is 1. The van der Waals surface area contributed by atoms with Crippen molar-refractivity contribution >= 4 is 23.3 Å². The summed E-state index contributed by atoms with van der Waals surface area (Å²) in [5.74, 6) is -0.931. The second-order valence-electron chi connectivity index (χ2n) is 5.83. The van der Waals surface area contributed by atoms with Gasteiger partial charge in [-0.2, -0.15) is 0 Å². The van der Waals surface area contributed by atoms with Gasteiger partial charge < -0.3 is 20.2 Å². The molecule has 0 radical (unpaired) electrons. The van der Waals surface area contributed by atoms with Crippen LogP contribution in [0, 0.1) is 10.1 Å². The smallest absolute Gasteiger partial charge is 0.406 e. The van der Waals surface area contributed by atoms with E-state index in [0.717, 1.165) is 11.1 Å². The van der Waals surface area contributed by atoms with Crippen LogP contribution in [0.25, 0.3) is 0 Å². The Hall–Kier alpha value is -3.45. The monoisotopic (exact) mass is 397 g/mol. The first-order valence-electron chi connectivity index (χ1n) is 8.36. The van der Waals surface area contributed by atoms with Crippen LogP contribution in [0.1, 0.15) is 17.2 Å². The second kappa shape index (κ2) is 8.96. The fourth-order valence-electron chi connectivity index (χ4n) is 2.64. The summed E-state index contributed by atoms with van der Waals surface area (Å²) in [5.41, 5.74) is 1.72. The van der Waals surface area contributed by atoms with E-state index in [1.807, 2.05) is 42.5 Å². The lowest BCUT2D eigenvalue weighted by atomic mass is 9.99. The van der Waals surface area contributed by atoms with Gasteiger partial charge in [0.2, 0.25) is 5.75 Å². The standard InChI is InChI=1S/C20H16ClN3O4/c21-16-10-8-15(9-11-16)19(14-5-2-1-3-6-14)23-18(25)13-28-17-7-4-12-22-20(17)24(26)27/h1-12,19H,13H2,(H,23,25)/t19-/m1/s1. The van der Waals surface area contributed by atoms with Crippen molar-refractivity contribution in [3.05, 3.63) is 99.2 Å². The van der Waals surface area contributed by atoms with E-state index in [1.165, 1.54) is 18.3 Å². The summed E-state index contributed by atoms with van der Waals surface area (Å²) < 4.78 is 5.31. The fraction of sp³-hybridized carbons (Fsp3) is 0.100. The SMILES string of the molecule is O=C(COc1cccnc1[N+](=O)[O-])N[C@H](c1ccccc1)c1ccc(Cl)cc1. The molecular formula is C20H16ClN3O4. The molecule has 3 aromatic rings. The zero-order valence-corrected chi connectivity index (χ0v) is 15.4. The van der Waals surface area contributed by atoms with Gasteiger partial charge in [0.15, 0.2) is 6.61 Å². The number of amides is 1. The Labute approximate surface area is 166 Å². The van der Waals surface area contributed by atoms with Gasteiger partial charge in [0, 0.05) is 5.02 Å². The predicted molar refractivity (Wildman–Crippen MR) is 104 cm³/mol. The molecule has 0 unspecified atom stereocenters. The van der Waals surface area contributed by atoms with E-state index in [9.17, 15) is 14.9 Å². The maximum Gasteiger partial charge on any atom is 0.406 e. The summed E-state index contributed by atoms with van der Waals surface area (Å²) in [6.45, 7) is -0.385. The first-order chi connectivity index (χ1) is 13.5. The van der Waals surface area contributed by atoms with Crippen molar-refractivity contribution in [3.8, 4) is 5.75 Å². The van der Waals surface area contributed by atoms with Crippen molar-refractivity contribution in [2.75, 3.05) is 6.61 Å². The number of rotatable bonds is 7. The van der Waals surface area contributed by atoms with Gasteiger partial charge in [0.1, 0.15) is 6.20 Å². The highest BCUT2D eigenvalue weighted by atomic mass is 35.5. The third-order valence-corrected chi connectivity index (χ3v) is 4.18. The number of aromatic nitrogens is 1. The highest BCUT2D eigenvalue weighted by Gasteiger charge is 2.20. The number of pyridine rings is 1. The Bertz CT molecular complexity index is 965. The average Bonchev–Trinajstić information content (AvgIpc) is 2.72. The van der Waals surface area contributed by atoms with E-state index in [1.54, 1.807) is 12.1 Å². The molecule has 1 aromatic heterocycles. The third-order valence-electron chi connectivity index (χ3n) is 3.92. The van der Waals surface area contributed by atoms with Gasteiger partial charge in [0.25, 0.3) is 5.91 Å². The summed E-state index contributed by atoms with van der Waals surface area (Å²) in [5, 5.41) is 14.5. The van der Waals surface area contributed by atoms with E-state index in [4.69, 9.17) is 16.3 Å². The highest BCUT2D eigenvalue weighted by molar-refractivity contribution is 6.30. The number of nitro groups is 1. The van der Waals surface area contributed by atoms with Crippen LogP contribution in [0.4, 0.5) is 5.82 Å². The average molecular weight is 398 g/mol. The van der Waals surface area contributed by atoms with E-state index in [-0.39, 0.29) is 12.4 Å². The minimum atomic E-state index is -0.659. The second-order valence-corrected chi connectivity index (χ2v) is 6.27. The van der Waals surface area contributed by atoms with Crippen LogP contribution in [0.15, 0.2) is 72.9 Å². The lowest BCUT2D eigenvalue weighted by molar-refractivity contribution is -0.390. The normalized spacial score (nSPS) is 11.5. The van der Waals surface area contributed by atoms with Crippen LogP contribution in [-0.2, 0) is 4.79 Å². The molecule has 142 valence electrons. The summed E-state index contributed by atoms with van der Waals surface area (Å²) in [7, 11) is 0. The molecule has 28 heavy (non-hydrogen) atoms. The number of hydrogen-bond donors (Lipinski definition) is 1. The number of nitrogens with zero attached hydrogens (tertiary/aromatic N) is 2. The molecule has 8 heteroatoms. The van der Waals surface area contributed by atoms with Crippen LogP contribution in [0.2, 0.25) is 5.02 Å². The van der Waals surface area contributed by atoms with Crippen LogP contribution in [0.3, 0.4) is 0 Å². The summed E-state index contributed by atoms with van der Waals surface area (Å²) in [6.07, 6.45) is 1.29. The molecule has 7 nitrogen and oxygen atoms in total. The van der Waals surface area contributed by atoms with Crippen molar-refractivity contribution in [3.63, 3.8) is 0 Å². The van der Waals surface area contributed by atoms with Gasteiger partial charge in [-0.25, -0.2) is 0 Å². The van der Waals surface area contributed by atoms with Crippen LogP contribution in [0.5, 0.6) is 5.75 Å². The summed E-state index contributed by atoms with van der Waals surface area (Å²) >= 11 is 5.96. The summed E-state index contributed by atoms with van der Waals surface area (Å²) in [4.78, 5) is 26.5. The minimum Gasteiger partial charge on any atom is -0.476 e. The Morgan fingerprint density at radius 1 is 1.07 bits per heavy atom. The number of hydrogen-bond acceptors (Lipinski definition) is 5. The lowest BCUT2D eigenvalue weighted by Crippen LogP contribution is -2.33. The minimum absolute atomic E-state index is 0.0644. The van der Waals surface area contributed by atoms with Crippen LogP contribution < -0.4 is 10.1 Å². The quantitative estimate of drug-likeness (QED) is 0.481. The molecule has 1 N–H and O–H groups in total. The molecule has 1 amide bonds. The first kappa shape index (κ1) is 19.3. The number of halogens is 1. The van der Waals surface area contributed by atoms with Crippen molar-refractivity contribution in [2.45, 2.75) is 6.04 Å². The Morgan fingerprint density at radius 3 is 2.43 bits per heavy atom. The molecule has 0 spiro atoms. The molecule has 0 saturated heterocycles. The predicted octanol–water partition coefficient (Wildman–Crippen LogP) is 3.93. The van der Waals surface area contributed by atoms with E-state index in [0.29, 0.717) is 5.02 Å². The largest absolute Gasteiger partial charge is 0.476 e. The molecule has 0 fully saturated rings. The Balaban J connectivity index is 1.75. The number of benzene rings is 2. The van der Waals surface area contributed by atoms with E-state index < -0.39 is 22.7 Å². The molecule has 0 aliphatic carbocycles. The van der Waals surface area contributed by atoms with Gasteiger partial charge in [-0.1, -0.05) is 54.1 Å². The molecule has 0 aliphatic rings. The van der Waals surface area contributed by atoms with Crippen molar-refractivity contribution in [1.29, 1.82) is 0 Å². The van der Waals surface area contributed by atoms with Crippen molar-refractivity contribution in [2.24, 2.45) is 0 Å². The zero-order chi connectivity index (χ0) is 19.9. The molecule has 3 rings (SSSR count). The molecule has 1 heterocycles. The Kier molecular flexibility index (Phi) is 6.18. The van der Waals surface area contributed by atoms with Crippen LogP contribution in [-0.4, -0.2) is 22.4 Å². The molecule has 0 bridgehead atoms. The number of carbonyl (C=O) groups excluding carboxylic acids is 1. The van der Waals surface area contributed by atoms with Crippen molar-refractivity contribution in [1.82, 2.24) is 10.3 Å². The zero-order valence-electron chi connectivity index (χ0n) is 14.6. The maximum absolute atomic E-state index is 12.5. The first-order valence-corrected chi connectivity index (χ1v) is 8.74. The van der Waals surface area contributed by atoms with E-state index in [2.05, 4.69) is 10.3 Å². The lowest BCUT2D eigenvalue weighted by Gasteiger charge is -2.20. The van der Waals surface area contributed by atoms with Crippen LogP contribution >= 0.6 is 11.6 Å². The summed E-state index contributed by atoms with van der Waals surface area (Å²) in [6, 6.07) is 19.0. The topological polar surface area (TPSA) is 94.4 Å². The number of nitrogens with one attached hydrogen (secondary N) is 1. The highest BCUT2D eigenvalue weighted by Crippen LogP contribution is 2.25. The van der Waals surface area contributed by atoms with Gasteiger partial charge in [-0.05, 0) is 45.3 Å². The third kappa shape index (κ3) is 4.83. The van der Waals surface area contributed by atoms with Gasteiger partial charge in [0.05, 0.1) is 6.04 Å². The Morgan fingerprint density at radius 2 is 1.75 bits per heavy atom. The molecular weight excluding hydrogens is 382 g/mol. The molecule has 1 atom stereocenters. The number of carbonyl (C=O) groups is 1.